The van der Waals surface area contributed by atoms with Crippen LogP contribution in [0, 0.1) is 0 Å². The molecule has 2 aromatic rings. The van der Waals surface area contributed by atoms with Crippen molar-refractivity contribution in [1.82, 2.24) is 4.98 Å². The summed E-state index contributed by atoms with van der Waals surface area (Å²) < 4.78 is 44.0. The maximum Gasteiger partial charge on any atom is 0.416 e. The minimum Gasteiger partial charge on any atom is -0.493 e. The summed E-state index contributed by atoms with van der Waals surface area (Å²) in [6.45, 7) is 0.521. The van der Waals surface area contributed by atoms with Gasteiger partial charge in [0.1, 0.15) is 5.75 Å². The molecule has 0 unspecified atom stereocenters. The number of nitrogens with one attached hydrogen (secondary N) is 1. The quantitative estimate of drug-likeness (QED) is 0.876. The molecule has 1 aliphatic rings. The summed E-state index contributed by atoms with van der Waals surface area (Å²) in [5.41, 5.74) is -0.205. The summed E-state index contributed by atoms with van der Waals surface area (Å²) in [7, 11) is 0. The molecular formula is C15H12F3NO2. The highest BCUT2D eigenvalue weighted by Crippen LogP contribution is 2.37. The fourth-order valence-corrected chi connectivity index (χ4v) is 2.45. The van der Waals surface area contributed by atoms with Crippen molar-refractivity contribution in [2.45, 2.75) is 19.0 Å². The molecule has 0 saturated carbocycles. The average molecular weight is 295 g/mol. The number of H-pyrrole nitrogens is 1. The molecule has 0 bridgehead atoms. The number of alkyl halides is 3. The molecule has 0 aliphatic carbocycles. The molecule has 0 atom stereocenters. The molecule has 0 fully saturated rings. The smallest absolute Gasteiger partial charge is 0.416 e. The zero-order chi connectivity index (χ0) is 15.0. The lowest BCUT2D eigenvalue weighted by molar-refractivity contribution is -0.137. The van der Waals surface area contributed by atoms with E-state index < -0.39 is 17.3 Å². The largest absolute Gasteiger partial charge is 0.493 e. The Kier molecular flexibility index (Phi) is 3.23. The van der Waals surface area contributed by atoms with Crippen LogP contribution in [0.2, 0.25) is 0 Å². The number of hydrogen-bond donors (Lipinski definition) is 1. The summed E-state index contributed by atoms with van der Waals surface area (Å²) in [6.07, 6.45) is -2.87. The van der Waals surface area contributed by atoms with E-state index in [1.165, 1.54) is 0 Å². The van der Waals surface area contributed by atoms with Gasteiger partial charge in [0.05, 0.1) is 17.9 Å². The van der Waals surface area contributed by atoms with E-state index >= 15 is 0 Å². The normalized spacial score (nSPS) is 14.4. The van der Waals surface area contributed by atoms with E-state index in [4.69, 9.17) is 4.74 Å². The zero-order valence-corrected chi connectivity index (χ0v) is 11.0. The lowest BCUT2D eigenvalue weighted by Crippen LogP contribution is -2.15. The van der Waals surface area contributed by atoms with Crippen LogP contribution in [0.15, 0.2) is 35.1 Å². The molecule has 2 heterocycles. The predicted octanol–water partition coefficient (Wildman–Crippen LogP) is 3.39. The number of halogens is 3. The van der Waals surface area contributed by atoms with Gasteiger partial charge < -0.3 is 9.72 Å². The molecule has 0 amide bonds. The third kappa shape index (κ3) is 2.66. The number of ether oxygens (including phenoxy) is 1. The summed E-state index contributed by atoms with van der Waals surface area (Å²) >= 11 is 0. The lowest BCUT2D eigenvalue weighted by Gasteiger charge is -2.20. The molecule has 110 valence electrons. The van der Waals surface area contributed by atoms with Crippen LogP contribution in [0.25, 0.3) is 11.3 Å². The second kappa shape index (κ2) is 4.95. The van der Waals surface area contributed by atoms with Gasteiger partial charge in [-0.2, -0.15) is 13.2 Å². The van der Waals surface area contributed by atoms with Gasteiger partial charge in [0, 0.05) is 11.6 Å². The SMILES string of the molecule is O=c1cc(C(F)(F)F)cc(-c2cccc3c2OCCC3)[nH]1. The van der Waals surface area contributed by atoms with Crippen molar-refractivity contribution >= 4 is 0 Å². The Morgan fingerprint density at radius 1 is 1.19 bits per heavy atom. The van der Waals surface area contributed by atoms with Crippen molar-refractivity contribution in [1.29, 1.82) is 0 Å². The van der Waals surface area contributed by atoms with E-state index in [1.54, 1.807) is 12.1 Å². The van der Waals surface area contributed by atoms with E-state index in [9.17, 15) is 18.0 Å². The van der Waals surface area contributed by atoms with Crippen LogP contribution in [-0.2, 0) is 12.6 Å². The fourth-order valence-electron chi connectivity index (χ4n) is 2.45. The van der Waals surface area contributed by atoms with Crippen LogP contribution in [0.4, 0.5) is 13.2 Å². The highest BCUT2D eigenvalue weighted by molar-refractivity contribution is 5.70. The number of rotatable bonds is 1. The van der Waals surface area contributed by atoms with Gasteiger partial charge in [-0.05, 0) is 30.5 Å². The molecule has 6 heteroatoms. The van der Waals surface area contributed by atoms with Crippen LogP contribution >= 0.6 is 0 Å². The number of aromatic nitrogens is 1. The highest BCUT2D eigenvalue weighted by atomic mass is 19.4. The third-order valence-corrected chi connectivity index (χ3v) is 3.40. The van der Waals surface area contributed by atoms with Gasteiger partial charge >= 0.3 is 6.18 Å². The Morgan fingerprint density at radius 3 is 2.76 bits per heavy atom. The molecule has 3 rings (SSSR count). The number of aryl methyl sites for hydroxylation is 1. The molecule has 1 aromatic heterocycles. The minimum absolute atomic E-state index is 0.119. The summed E-state index contributed by atoms with van der Waals surface area (Å²) in [6, 6.07) is 6.77. The lowest BCUT2D eigenvalue weighted by atomic mass is 9.99. The predicted molar refractivity (Wildman–Crippen MR) is 71.3 cm³/mol. The van der Waals surface area contributed by atoms with E-state index in [1.807, 2.05) is 6.07 Å². The van der Waals surface area contributed by atoms with Crippen molar-refractivity contribution < 1.29 is 17.9 Å². The Labute approximate surface area is 118 Å². The van der Waals surface area contributed by atoms with Gasteiger partial charge in [0.25, 0.3) is 0 Å². The molecule has 0 radical (unpaired) electrons. The zero-order valence-electron chi connectivity index (χ0n) is 11.0. The van der Waals surface area contributed by atoms with E-state index in [2.05, 4.69) is 4.98 Å². The van der Waals surface area contributed by atoms with Gasteiger partial charge in [0.15, 0.2) is 0 Å². The number of pyridine rings is 1. The number of benzene rings is 1. The van der Waals surface area contributed by atoms with Crippen LogP contribution < -0.4 is 10.3 Å². The first kappa shape index (κ1) is 13.7. The Morgan fingerprint density at radius 2 is 2.00 bits per heavy atom. The molecular weight excluding hydrogens is 283 g/mol. The molecule has 1 aromatic carbocycles. The molecule has 1 aliphatic heterocycles. The van der Waals surface area contributed by atoms with E-state index in [0.29, 0.717) is 24.0 Å². The van der Waals surface area contributed by atoms with Crippen molar-refractivity contribution in [3.05, 3.63) is 51.8 Å². The number of aromatic amines is 1. The van der Waals surface area contributed by atoms with E-state index in [-0.39, 0.29) is 5.69 Å². The van der Waals surface area contributed by atoms with Crippen LogP contribution in [0.5, 0.6) is 5.75 Å². The number of para-hydroxylation sites is 1. The summed E-state index contributed by atoms with van der Waals surface area (Å²) in [4.78, 5) is 14.0. The molecule has 0 spiro atoms. The first-order valence-corrected chi connectivity index (χ1v) is 6.52. The van der Waals surface area contributed by atoms with Gasteiger partial charge in [-0.1, -0.05) is 12.1 Å². The van der Waals surface area contributed by atoms with Gasteiger partial charge in [-0.25, -0.2) is 0 Å². The maximum atomic E-state index is 12.8. The summed E-state index contributed by atoms with van der Waals surface area (Å²) in [5, 5.41) is 0. The Balaban J connectivity index is 2.17. The fraction of sp³-hybridized carbons (Fsp3) is 0.267. The first-order valence-electron chi connectivity index (χ1n) is 6.52. The summed E-state index contributed by atoms with van der Waals surface area (Å²) in [5.74, 6) is 0.554. The average Bonchev–Trinajstić information content (AvgIpc) is 2.45. The second-order valence-corrected chi connectivity index (χ2v) is 4.89. The molecule has 21 heavy (non-hydrogen) atoms. The van der Waals surface area contributed by atoms with Crippen molar-refractivity contribution in [2.24, 2.45) is 0 Å². The Bertz CT molecular complexity index is 734. The van der Waals surface area contributed by atoms with Crippen LogP contribution in [-0.4, -0.2) is 11.6 Å². The number of hydrogen-bond acceptors (Lipinski definition) is 2. The van der Waals surface area contributed by atoms with Crippen LogP contribution in [0.1, 0.15) is 17.5 Å². The van der Waals surface area contributed by atoms with Gasteiger partial charge in [-0.3, -0.25) is 4.79 Å². The van der Waals surface area contributed by atoms with Crippen molar-refractivity contribution in [3.63, 3.8) is 0 Å². The topological polar surface area (TPSA) is 42.1 Å². The van der Waals surface area contributed by atoms with Gasteiger partial charge in [0.2, 0.25) is 5.56 Å². The maximum absolute atomic E-state index is 12.8. The standard InChI is InChI=1S/C15H12F3NO2/c16-15(17,18)10-7-12(19-13(20)8-10)11-5-1-3-9-4-2-6-21-14(9)11/h1,3,5,7-8H,2,4,6H2,(H,19,20). The third-order valence-electron chi connectivity index (χ3n) is 3.40. The van der Waals surface area contributed by atoms with Crippen molar-refractivity contribution in [2.75, 3.05) is 6.61 Å². The van der Waals surface area contributed by atoms with Gasteiger partial charge in [-0.15, -0.1) is 0 Å². The second-order valence-electron chi connectivity index (χ2n) is 4.89. The van der Waals surface area contributed by atoms with Crippen molar-refractivity contribution in [3.8, 4) is 17.0 Å². The Hall–Kier alpha value is -2.24. The molecule has 0 saturated heterocycles. The minimum atomic E-state index is -4.56. The molecule has 1 N–H and O–H groups in total. The number of fused-ring (bicyclic) bond motifs is 1. The van der Waals surface area contributed by atoms with E-state index in [0.717, 1.165) is 24.5 Å². The van der Waals surface area contributed by atoms with Crippen LogP contribution in [0.3, 0.4) is 0 Å². The highest BCUT2D eigenvalue weighted by Gasteiger charge is 2.31. The monoisotopic (exact) mass is 295 g/mol. The molecule has 3 nitrogen and oxygen atoms in total. The first-order chi connectivity index (χ1) is 9.95.